The molecule has 3 rings (SSSR count). The van der Waals surface area contributed by atoms with Gasteiger partial charge in [-0.3, -0.25) is 5.10 Å². The molecule has 6 nitrogen and oxygen atoms in total. The molecule has 0 fully saturated rings. The predicted molar refractivity (Wildman–Crippen MR) is 108 cm³/mol. The summed E-state index contributed by atoms with van der Waals surface area (Å²) in [7, 11) is 1.66. The third-order valence-corrected chi connectivity index (χ3v) is 4.72. The monoisotopic (exact) mass is 381 g/mol. The largest absolute Gasteiger partial charge is 0.496 e. The molecule has 0 unspecified atom stereocenters. The summed E-state index contributed by atoms with van der Waals surface area (Å²) in [5, 5.41) is 23.6. The van der Waals surface area contributed by atoms with Crippen LogP contribution < -0.4 is 15.4 Å². The molecule has 0 spiro atoms. The number of H-pyrrole nitrogens is 1. The van der Waals surface area contributed by atoms with E-state index in [1.807, 2.05) is 31.2 Å². The van der Waals surface area contributed by atoms with Gasteiger partial charge in [0.05, 0.1) is 7.11 Å². The molecule has 2 aromatic carbocycles. The number of hydrogen-bond acceptors (Lipinski definition) is 5. The number of hydrogen-bond donors (Lipinski definition) is 3. The van der Waals surface area contributed by atoms with Crippen LogP contribution in [0.25, 0.3) is 0 Å². The summed E-state index contributed by atoms with van der Waals surface area (Å²) in [6.07, 6.45) is 0. The minimum atomic E-state index is 0.415. The van der Waals surface area contributed by atoms with Crippen molar-refractivity contribution in [2.45, 2.75) is 20.4 Å². The van der Waals surface area contributed by atoms with E-state index in [4.69, 9.17) is 16.3 Å². The molecule has 1 heterocycles. The highest BCUT2D eigenvalue weighted by atomic mass is 35.5. The number of rotatable bonds is 6. The maximum atomic E-state index is 9.55. The van der Waals surface area contributed by atoms with Gasteiger partial charge in [-0.25, -0.2) is 0 Å². The highest BCUT2D eigenvalue weighted by Gasteiger charge is 2.14. The lowest BCUT2D eigenvalue weighted by atomic mass is 10.0. The van der Waals surface area contributed by atoms with Crippen molar-refractivity contribution in [1.82, 2.24) is 10.2 Å². The lowest BCUT2D eigenvalue weighted by molar-refractivity contribution is 0.411. The molecule has 0 saturated heterocycles. The second-order valence-corrected chi connectivity index (χ2v) is 6.54. The van der Waals surface area contributed by atoms with Gasteiger partial charge in [-0.05, 0) is 54.8 Å². The van der Waals surface area contributed by atoms with Crippen molar-refractivity contribution in [3.8, 4) is 11.8 Å². The number of methoxy groups -OCH3 is 1. The minimum Gasteiger partial charge on any atom is -0.496 e. The molecule has 0 aliphatic rings. The first-order valence-corrected chi connectivity index (χ1v) is 8.79. The highest BCUT2D eigenvalue weighted by molar-refractivity contribution is 6.30. The summed E-state index contributed by atoms with van der Waals surface area (Å²) in [6, 6.07) is 13.4. The average Bonchev–Trinajstić information content (AvgIpc) is 3.04. The van der Waals surface area contributed by atoms with Gasteiger partial charge in [0, 0.05) is 17.3 Å². The van der Waals surface area contributed by atoms with Crippen LogP contribution in [0.2, 0.25) is 5.02 Å². The Balaban J connectivity index is 1.78. The Morgan fingerprint density at radius 3 is 2.74 bits per heavy atom. The third-order valence-electron chi connectivity index (χ3n) is 4.49. The number of ether oxygens (including phenoxy) is 1. The second kappa shape index (κ2) is 8.02. The van der Waals surface area contributed by atoms with E-state index >= 15 is 0 Å². The Morgan fingerprint density at radius 1 is 1.22 bits per heavy atom. The van der Waals surface area contributed by atoms with E-state index in [9.17, 15) is 5.26 Å². The van der Waals surface area contributed by atoms with E-state index in [0.717, 1.165) is 28.1 Å². The molecule has 27 heavy (non-hydrogen) atoms. The first-order chi connectivity index (χ1) is 13.0. The van der Waals surface area contributed by atoms with E-state index in [-0.39, 0.29) is 0 Å². The fraction of sp³-hybridized carbons (Fsp3) is 0.200. The number of nitrogens with one attached hydrogen (secondary N) is 3. The Morgan fingerprint density at radius 2 is 2.04 bits per heavy atom. The van der Waals surface area contributed by atoms with Crippen molar-refractivity contribution in [3.05, 3.63) is 63.7 Å². The lowest BCUT2D eigenvalue weighted by Gasteiger charge is -2.13. The lowest BCUT2D eigenvalue weighted by Crippen LogP contribution is -2.04. The SMILES string of the molecule is COc1ccc(CNc2n[nH]c(Nc3cccc(Cl)c3)c2C#N)c(C)c1C. The van der Waals surface area contributed by atoms with Crippen LogP contribution in [0.1, 0.15) is 22.3 Å². The van der Waals surface area contributed by atoms with E-state index in [1.165, 1.54) is 0 Å². The molecule has 138 valence electrons. The van der Waals surface area contributed by atoms with Crippen LogP contribution in [0, 0.1) is 25.2 Å². The van der Waals surface area contributed by atoms with Gasteiger partial charge in [0.15, 0.2) is 5.82 Å². The predicted octanol–water partition coefficient (Wildman–Crippen LogP) is 4.92. The zero-order chi connectivity index (χ0) is 19.4. The van der Waals surface area contributed by atoms with Gasteiger partial charge in [0.25, 0.3) is 0 Å². The molecule has 3 aromatic rings. The topological polar surface area (TPSA) is 85.8 Å². The number of aromatic amines is 1. The Labute approximate surface area is 163 Å². The zero-order valence-electron chi connectivity index (χ0n) is 15.4. The summed E-state index contributed by atoms with van der Waals surface area (Å²) in [5.74, 6) is 1.88. The number of halogens is 1. The molecule has 0 aliphatic carbocycles. The van der Waals surface area contributed by atoms with E-state index < -0.39 is 0 Å². The van der Waals surface area contributed by atoms with Crippen LogP contribution in [-0.2, 0) is 6.54 Å². The van der Waals surface area contributed by atoms with Crippen LogP contribution in [0.3, 0.4) is 0 Å². The van der Waals surface area contributed by atoms with Crippen molar-refractivity contribution >= 4 is 28.9 Å². The summed E-state index contributed by atoms with van der Waals surface area (Å²) in [4.78, 5) is 0. The van der Waals surface area contributed by atoms with Crippen molar-refractivity contribution < 1.29 is 4.74 Å². The van der Waals surface area contributed by atoms with Gasteiger partial charge in [-0.2, -0.15) is 10.4 Å². The van der Waals surface area contributed by atoms with Crippen molar-refractivity contribution in [2.75, 3.05) is 17.7 Å². The van der Waals surface area contributed by atoms with Crippen molar-refractivity contribution in [3.63, 3.8) is 0 Å². The number of aromatic nitrogens is 2. The van der Waals surface area contributed by atoms with Gasteiger partial charge < -0.3 is 15.4 Å². The van der Waals surface area contributed by atoms with Gasteiger partial charge in [-0.15, -0.1) is 0 Å². The molecular formula is C20H20ClN5O. The zero-order valence-corrected chi connectivity index (χ0v) is 16.1. The van der Waals surface area contributed by atoms with E-state index in [2.05, 4.69) is 33.8 Å². The molecule has 0 atom stereocenters. The Bertz CT molecular complexity index is 1010. The summed E-state index contributed by atoms with van der Waals surface area (Å²) in [6.45, 7) is 4.63. The maximum Gasteiger partial charge on any atom is 0.168 e. The van der Waals surface area contributed by atoms with Crippen LogP contribution >= 0.6 is 11.6 Å². The van der Waals surface area contributed by atoms with Crippen LogP contribution in [-0.4, -0.2) is 17.3 Å². The number of anilines is 3. The molecule has 0 saturated carbocycles. The van der Waals surface area contributed by atoms with E-state index in [0.29, 0.717) is 28.8 Å². The summed E-state index contributed by atoms with van der Waals surface area (Å²) >= 11 is 6.00. The third kappa shape index (κ3) is 3.99. The molecule has 7 heteroatoms. The van der Waals surface area contributed by atoms with E-state index in [1.54, 1.807) is 19.2 Å². The smallest absolute Gasteiger partial charge is 0.168 e. The molecule has 3 N–H and O–H groups in total. The Hall–Kier alpha value is -3.17. The van der Waals surface area contributed by atoms with Gasteiger partial charge in [0.2, 0.25) is 0 Å². The minimum absolute atomic E-state index is 0.415. The fourth-order valence-corrected chi connectivity index (χ4v) is 3.01. The standard InChI is InChI=1S/C20H20ClN5O/c1-12-13(2)18(27-3)8-7-14(12)11-23-19-17(10-22)20(26-25-19)24-16-6-4-5-15(21)9-16/h4-9H,11H2,1-3H3,(H3,23,24,25,26). The Kier molecular flexibility index (Phi) is 5.53. The number of nitriles is 1. The van der Waals surface area contributed by atoms with Crippen LogP contribution in [0.15, 0.2) is 36.4 Å². The van der Waals surface area contributed by atoms with Gasteiger partial charge in [0.1, 0.15) is 23.2 Å². The van der Waals surface area contributed by atoms with Crippen LogP contribution in [0.4, 0.5) is 17.3 Å². The van der Waals surface area contributed by atoms with Crippen LogP contribution in [0.5, 0.6) is 5.75 Å². The highest BCUT2D eigenvalue weighted by Crippen LogP contribution is 2.27. The first kappa shape index (κ1) is 18.6. The van der Waals surface area contributed by atoms with Crippen molar-refractivity contribution in [1.29, 1.82) is 5.26 Å². The second-order valence-electron chi connectivity index (χ2n) is 6.10. The summed E-state index contributed by atoms with van der Waals surface area (Å²) < 4.78 is 5.35. The fourth-order valence-electron chi connectivity index (χ4n) is 2.82. The van der Waals surface area contributed by atoms with Crippen molar-refractivity contribution in [2.24, 2.45) is 0 Å². The molecule has 1 aromatic heterocycles. The van der Waals surface area contributed by atoms with Gasteiger partial charge in [-0.1, -0.05) is 23.7 Å². The normalized spacial score (nSPS) is 10.3. The molecule has 0 amide bonds. The molecule has 0 aliphatic heterocycles. The molecule has 0 bridgehead atoms. The number of nitrogens with zero attached hydrogens (tertiary/aromatic N) is 2. The number of benzene rings is 2. The maximum absolute atomic E-state index is 9.55. The summed E-state index contributed by atoms with van der Waals surface area (Å²) in [5.41, 5.74) is 4.55. The average molecular weight is 382 g/mol. The first-order valence-electron chi connectivity index (χ1n) is 8.41. The van der Waals surface area contributed by atoms with Gasteiger partial charge >= 0.3 is 0 Å². The molecular weight excluding hydrogens is 362 g/mol. The quantitative estimate of drug-likeness (QED) is 0.564. The molecule has 0 radical (unpaired) electrons.